The van der Waals surface area contributed by atoms with Gasteiger partial charge in [-0.25, -0.2) is 4.39 Å². The smallest absolute Gasteiger partial charge is 0.147 e. The topological polar surface area (TPSA) is 18.5 Å². The van der Waals surface area contributed by atoms with Crippen LogP contribution >= 0.6 is 15.9 Å². The predicted octanol–water partition coefficient (Wildman–Crippen LogP) is 4.49. The van der Waals surface area contributed by atoms with Crippen LogP contribution in [-0.2, 0) is 15.9 Å². The molecule has 0 bridgehead atoms. The molecule has 0 saturated carbocycles. The van der Waals surface area contributed by atoms with Crippen LogP contribution in [0.4, 0.5) is 4.39 Å². The molecular weight excluding hydrogens is 335 g/mol. The largest absolute Gasteiger partial charge is 0.355 e. The lowest BCUT2D eigenvalue weighted by Gasteiger charge is -2.32. The maximum atomic E-state index is 13.9. The van der Waals surface area contributed by atoms with Crippen molar-refractivity contribution in [3.8, 4) is 0 Å². The number of hydrogen-bond acceptors (Lipinski definition) is 2. The van der Waals surface area contributed by atoms with Crippen LogP contribution in [0, 0.1) is 11.7 Å². The van der Waals surface area contributed by atoms with Crippen molar-refractivity contribution in [3.05, 3.63) is 69.9 Å². The highest BCUT2D eigenvalue weighted by Gasteiger charge is 2.30. The third kappa shape index (κ3) is 3.34. The first-order chi connectivity index (χ1) is 10.3. The molecule has 4 heteroatoms. The summed E-state index contributed by atoms with van der Waals surface area (Å²) in [6.45, 7) is 0.847. The Balaban J connectivity index is 1.85. The van der Waals surface area contributed by atoms with Gasteiger partial charge < -0.3 is 9.47 Å². The number of hydrogen-bond donors (Lipinski definition) is 0. The Bertz CT molecular complexity index is 617. The van der Waals surface area contributed by atoms with Crippen LogP contribution in [0.25, 0.3) is 0 Å². The van der Waals surface area contributed by atoms with E-state index in [1.807, 2.05) is 36.4 Å². The lowest BCUT2D eigenvalue weighted by molar-refractivity contribution is -0.172. The highest BCUT2D eigenvalue weighted by Crippen LogP contribution is 2.36. The van der Waals surface area contributed by atoms with Crippen molar-refractivity contribution in [1.82, 2.24) is 0 Å². The zero-order valence-electron chi connectivity index (χ0n) is 11.5. The zero-order chi connectivity index (χ0) is 14.7. The summed E-state index contributed by atoms with van der Waals surface area (Å²) in [5.41, 5.74) is 1.79. The van der Waals surface area contributed by atoms with Crippen molar-refractivity contribution >= 4 is 15.9 Å². The number of halogens is 2. The van der Waals surface area contributed by atoms with E-state index in [1.54, 1.807) is 6.07 Å². The van der Waals surface area contributed by atoms with Gasteiger partial charge in [0.2, 0.25) is 0 Å². The summed E-state index contributed by atoms with van der Waals surface area (Å²) in [6, 6.07) is 14.9. The Morgan fingerprint density at radius 2 is 1.86 bits per heavy atom. The monoisotopic (exact) mass is 350 g/mol. The van der Waals surface area contributed by atoms with E-state index >= 15 is 0 Å². The van der Waals surface area contributed by atoms with Gasteiger partial charge in [-0.1, -0.05) is 52.3 Å². The molecule has 21 heavy (non-hydrogen) atoms. The van der Waals surface area contributed by atoms with Gasteiger partial charge in [-0.15, -0.1) is 0 Å². The minimum Gasteiger partial charge on any atom is -0.355 e. The molecule has 1 heterocycles. The minimum absolute atomic E-state index is 0.0890. The molecule has 2 aromatic rings. The second-order valence-corrected chi connectivity index (χ2v) is 6.01. The van der Waals surface area contributed by atoms with Gasteiger partial charge in [-0.3, -0.25) is 0 Å². The fourth-order valence-corrected chi connectivity index (χ4v) is 3.22. The van der Waals surface area contributed by atoms with Crippen LogP contribution < -0.4 is 0 Å². The van der Waals surface area contributed by atoms with Crippen LogP contribution in [0.15, 0.2) is 53.0 Å². The SMILES string of the molecule is Fc1ccccc1C[C@@H]1COCO[C@H]1c1ccccc1Br. The minimum atomic E-state index is -0.172. The van der Waals surface area contributed by atoms with Crippen LogP contribution in [0.3, 0.4) is 0 Å². The molecule has 1 saturated heterocycles. The molecule has 0 aliphatic carbocycles. The van der Waals surface area contributed by atoms with E-state index in [0.717, 1.165) is 10.0 Å². The van der Waals surface area contributed by atoms with Gasteiger partial charge >= 0.3 is 0 Å². The lowest BCUT2D eigenvalue weighted by Crippen LogP contribution is -2.30. The van der Waals surface area contributed by atoms with E-state index in [4.69, 9.17) is 9.47 Å². The molecule has 1 fully saturated rings. The standard InChI is InChI=1S/C17H16BrFO2/c18-15-7-3-2-6-14(15)17-13(10-20-11-21-17)9-12-5-1-4-8-16(12)19/h1-8,13,17H,9-11H2/t13-,17-/m1/s1. The van der Waals surface area contributed by atoms with Crippen LogP contribution in [0.2, 0.25) is 0 Å². The zero-order valence-corrected chi connectivity index (χ0v) is 13.1. The lowest BCUT2D eigenvalue weighted by atomic mass is 9.89. The Morgan fingerprint density at radius 1 is 1.10 bits per heavy atom. The first-order valence-electron chi connectivity index (χ1n) is 6.93. The Labute approximate surface area is 132 Å². The van der Waals surface area contributed by atoms with Crippen molar-refractivity contribution in [3.63, 3.8) is 0 Å². The highest BCUT2D eigenvalue weighted by atomic mass is 79.9. The molecule has 2 aromatic carbocycles. The third-order valence-electron chi connectivity index (χ3n) is 3.74. The second kappa shape index (κ2) is 6.69. The number of rotatable bonds is 3. The fraction of sp³-hybridized carbons (Fsp3) is 0.294. The molecule has 0 aromatic heterocycles. The van der Waals surface area contributed by atoms with E-state index in [1.165, 1.54) is 6.07 Å². The van der Waals surface area contributed by atoms with E-state index in [2.05, 4.69) is 15.9 Å². The second-order valence-electron chi connectivity index (χ2n) is 5.15. The molecule has 2 nitrogen and oxygen atoms in total. The quantitative estimate of drug-likeness (QED) is 0.811. The first-order valence-corrected chi connectivity index (χ1v) is 7.72. The van der Waals surface area contributed by atoms with Gasteiger partial charge in [0.05, 0.1) is 12.7 Å². The summed E-state index contributed by atoms with van der Waals surface area (Å²) in [5, 5.41) is 0. The van der Waals surface area contributed by atoms with Gasteiger partial charge in [0.1, 0.15) is 12.6 Å². The molecule has 2 atom stereocenters. The predicted molar refractivity (Wildman–Crippen MR) is 82.4 cm³/mol. The number of ether oxygens (including phenoxy) is 2. The average molecular weight is 351 g/mol. The third-order valence-corrected chi connectivity index (χ3v) is 4.46. The van der Waals surface area contributed by atoms with E-state index in [-0.39, 0.29) is 24.6 Å². The summed E-state index contributed by atoms with van der Waals surface area (Å²) in [6.07, 6.45) is 0.507. The Kier molecular flexibility index (Phi) is 4.68. The molecule has 0 unspecified atom stereocenters. The molecule has 1 aliphatic rings. The molecular formula is C17H16BrFO2. The van der Waals surface area contributed by atoms with Crippen molar-refractivity contribution in [2.45, 2.75) is 12.5 Å². The summed E-state index contributed by atoms with van der Waals surface area (Å²) in [4.78, 5) is 0. The van der Waals surface area contributed by atoms with Gasteiger partial charge in [-0.05, 0) is 29.7 Å². The fourth-order valence-electron chi connectivity index (χ4n) is 2.71. The van der Waals surface area contributed by atoms with Crippen molar-refractivity contribution in [2.75, 3.05) is 13.4 Å². The van der Waals surface area contributed by atoms with Gasteiger partial charge in [-0.2, -0.15) is 0 Å². The maximum Gasteiger partial charge on any atom is 0.147 e. The van der Waals surface area contributed by atoms with E-state index in [0.29, 0.717) is 18.6 Å². The van der Waals surface area contributed by atoms with Crippen LogP contribution in [0.1, 0.15) is 17.2 Å². The van der Waals surface area contributed by atoms with E-state index < -0.39 is 0 Å². The van der Waals surface area contributed by atoms with Crippen molar-refractivity contribution in [2.24, 2.45) is 5.92 Å². The normalized spacial score (nSPS) is 22.2. The van der Waals surface area contributed by atoms with Crippen LogP contribution in [0.5, 0.6) is 0 Å². The summed E-state index contributed by atoms with van der Waals surface area (Å²) in [7, 11) is 0. The summed E-state index contributed by atoms with van der Waals surface area (Å²) < 4.78 is 26.1. The highest BCUT2D eigenvalue weighted by molar-refractivity contribution is 9.10. The molecule has 0 amide bonds. The van der Waals surface area contributed by atoms with Gasteiger partial charge in [0.15, 0.2) is 0 Å². The molecule has 110 valence electrons. The Hall–Kier alpha value is -1.23. The molecule has 1 aliphatic heterocycles. The number of benzene rings is 2. The van der Waals surface area contributed by atoms with Gasteiger partial charge in [0.25, 0.3) is 0 Å². The summed E-state index contributed by atoms with van der Waals surface area (Å²) in [5.74, 6) is -0.0803. The van der Waals surface area contributed by atoms with Gasteiger partial charge in [0, 0.05) is 10.4 Å². The molecule has 0 radical (unpaired) electrons. The summed E-state index contributed by atoms with van der Waals surface area (Å²) >= 11 is 3.56. The van der Waals surface area contributed by atoms with Crippen LogP contribution in [-0.4, -0.2) is 13.4 Å². The van der Waals surface area contributed by atoms with Crippen molar-refractivity contribution < 1.29 is 13.9 Å². The average Bonchev–Trinajstić information content (AvgIpc) is 2.51. The van der Waals surface area contributed by atoms with Crippen molar-refractivity contribution in [1.29, 1.82) is 0 Å². The molecule has 0 spiro atoms. The maximum absolute atomic E-state index is 13.9. The Morgan fingerprint density at radius 3 is 2.67 bits per heavy atom. The van der Waals surface area contributed by atoms with E-state index in [9.17, 15) is 4.39 Å². The first kappa shape index (κ1) is 14.7. The molecule has 0 N–H and O–H groups in total. The molecule has 3 rings (SSSR count).